The maximum absolute atomic E-state index is 6.02. The Hall–Kier alpha value is -3.79. The van der Waals surface area contributed by atoms with Gasteiger partial charge < -0.3 is 14.2 Å². The van der Waals surface area contributed by atoms with Crippen LogP contribution in [0.4, 0.5) is 5.82 Å². The Morgan fingerprint density at radius 2 is 1.56 bits per heavy atom. The number of nitrogens with zero attached hydrogens (tertiary/aromatic N) is 3. The quantitative estimate of drug-likeness (QED) is 0.283. The van der Waals surface area contributed by atoms with E-state index in [9.17, 15) is 0 Å². The molecular formula is C28H27N3O. The molecule has 0 saturated heterocycles. The van der Waals surface area contributed by atoms with Crippen molar-refractivity contribution in [3.63, 3.8) is 0 Å². The number of hydrogen-bond donors (Lipinski definition) is 0. The summed E-state index contributed by atoms with van der Waals surface area (Å²) in [4.78, 5) is 7.15. The number of benzene rings is 3. The minimum Gasteiger partial charge on any atom is -0.457 e. The van der Waals surface area contributed by atoms with E-state index in [0.29, 0.717) is 0 Å². The van der Waals surface area contributed by atoms with E-state index < -0.39 is 0 Å². The molecule has 0 amide bonds. The van der Waals surface area contributed by atoms with Crippen LogP contribution in [-0.2, 0) is 13.1 Å². The predicted octanol–water partition coefficient (Wildman–Crippen LogP) is 7.03. The van der Waals surface area contributed by atoms with Gasteiger partial charge in [-0.05, 0) is 55.8 Å². The van der Waals surface area contributed by atoms with Crippen LogP contribution >= 0.6 is 0 Å². The molecule has 3 aromatic carbocycles. The zero-order valence-electron chi connectivity index (χ0n) is 18.5. The topological polar surface area (TPSA) is 30.3 Å². The number of ether oxygens (including phenoxy) is 1. The molecule has 5 aromatic rings. The van der Waals surface area contributed by atoms with E-state index in [4.69, 9.17) is 9.72 Å². The van der Waals surface area contributed by atoms with Gasteiger partial charge in [-0.3, -0.25) is 0 Å². The second-order valence-electron chi connectivity index (χ2n) is 7.90. The summed E-state index contributed by atoms with van der Waals surface area (Å²) in [6.07, 6.45) is 2.02. The highest BCUT2D eigenvalue weighted by Crippen LogP contribution is 2.31. The molecule has 0 saturated carbocycles. The lowest BCUT2D eigenvalue weighted by atomic mass is 10.1. The van der Waals surface area contributed by atoms with Gasteiger partial charge in [0, 0.05) is 35.9 Å². The van der Waals surface area contributed by atoms with Gasteiger partial charge in [0.1, 0.15) is 17.3 Å². The fraction of sp³-hybridized carbons (Fsp3) is 0.179. The van der Waals surface area contributed by atoms with Crippen LogP contribution in [0.5, 0.6) is 11.5 Å². The van der Waals surface area contributed by atoms with Crippen molar-refractivity contribution in [2.45, 2.75) is 26.9 Å². The second-order valence-corrected chi connectivity index (χ2v) is 7.90. The summed E-state index contributed by atoms with van der Waals surface area (Å²) in [7, 11) is 0. The number of pyridine rings is 1. The van der Waals surface area contributed by atoms with Crippen molar-refractivity contribution in [2.24, 2.45) is 0 Å². The van der Waals surface area contributed by atoms with E-state index in [0.717, 1.165) is 37.0 Å². The van der Waals surface area contributed by atoms with E-state index >= 15 is 0 Å². The second kappa shape index (κ2) is 8.75. The number of para-hydroxylation sites is 2. The van der Waals surface area contributed by atoms with Crippen molar-refractivity contribution in [3.05, 3.63) is 96.7 Å². The van der Waals surface area contributed by atoms with E-state index in [1.54, 1.807) is 0 Å². The van der Waals surface area contributed by atoms with Crippen molar-refractivity contribution in [1.82, 2.24) is 9.55 Å². The van der Waals surface area contributed by atoms with Crippen LogP contribution in [-0.4, -0.2) is 16.1 Å². The normalized spacial score (nSPS) is 11.2. The highest BCUT2D eigenvalue weighted by atomic mass is 16.5. The first-order valence-electron chi connectivity index (χ1n) is 11.2. The Labute approximate surface area is 188 Å². The molecule has 0 unspecified atom stereocenters. The molecule has 0 radical (unpaired) electrons. The van der Waals surface area contributed by atoms with Gasteiger partial charge >= 0.3 is 0 Å². The number of rotatable bonds is 7. The van der Waals surface area contributed by atoms with Crippen molar-refractivity contribution >= 4 is 27.6 Å². The van der Waals surface area contributed by atoms with Crippen molar-refractivity contribution in [1.29, 1.82) is 0 Å². The molecule has 0 atom stereocenters. The average molecular weight is 422 g/mol. The van der Waals surface area contributed by atoms with Crippen molar-refractivity contribution < 1.29 is 4.74 Å². The zero-order valence-corrected chi connectivity index (χ0v) is 18.5. The third-order valence-electron chi connectivity index (χ3n) is 5.92. The summed E-state index contributed by atoms with van der Waals surface area (Å²) >= 11 is 0. The molecule has 5 rings (SSSR count). The van der Waals surface area contributed by atoms with Gasteiger partial charge in [-0.15, -0.1) is 0 Å². The molecule has 0 fully saturated rings. The third kappa shape index (κ3) is 3.80. The van der Waals surface area contributed by atoms with E-state index in [1.165, 1.54) is 27.4 Å². The summed E-state index contributed by atoms with van der Waals surface area (Å²) in [6, 6.07) is 29.0. The van der Waals surface area contributed by atoms with Crippen LogP contribution in [0.25, 0.3) is 21.8 Å². The predicted molar refractivity (Wildman–Crippen MR) is 133 cm³/mol. The molecule has 0 bridgehead atoms. The first kappa shape index (κ1) is 20.1. The lowest BCUT2D eigenvalue weighted by Gasteiger charge is -2.22. The van der Waals surface area contributed by atoms with E-state index in [1.807, 2.05) is 48.7 Å². The minimum atomic E-state index is 0.771. The number of fused-ring (bicyclic) bond motifs is 3. The summed E-state index contributed by atoms with van der Waals surface area (Å²) in [6.45, 7) is 6.92. The SMILES string of the molecule is CCN(Cc1cccc(Oc2ccccc2)c1)c1cc2c3ccccc3n(CC)c2cn1. The molecule has 0 spiro atoms. The van der Waals surface area contributed by atoms with Crippen LogP contribution in [0.2, 0.25) is 0 Å². The third-order valence-corrected chi connectivity index (χ3v) is 5.92. The Morgan fingerprint density at radius 3 is 2.38 bits per heavy atom. The highest BCUT2D eigenvalue weighted by molar-refractivity contribution is 6.08. The Balaban J connectivity index is 1.45. The van der Waals surface area contributed by atoms with Gasteiger partial charge in [0.2, 0.25) is 0 Å². The average Bonchev–Trinajstić information content (AvgIpc) is 3.16. The van der Waals surface area contributed by atoms with Crippen LogP contribution in [0.3, 0.4) is 0 Å². The number of anilines is 1. The maximum Gasteiger partial charge on any atom is 0.129 e. The molecule has 0 aliphatic heterocycles. The summed E-state index contributed by atoms with van der Waals surface area (Å²) in [5.74, 6) is 2.68. The lowest BCUT2D eigenvalue weighted by Crippen LogP contribution is -2.23. The fourth-order valence-electron chi connectivity index (χ4n) is 4.36. The highest BCUT2D eigenvalue weighted by Gasteiger charge is 2.14. The molecule has 2 heterocycles. The van der Waals surface area contributed by atoms with Crippen molar-refractivity contribution in [2.75, 3.05) is 11.4 Å². The summed E-state index contributed by atoms with van der Waals surface area (Å²) in [5.41, 5.74) is 3.64. The first-order valence-corrected chi connectivity index (χ1v) is 11.2. The molecule has 0 aliphatic carbocycles. The molecule has 0 N–H and O–H groups in total. The zero-order chi connectivity index (χ0) is 21.9. The van der Waals surface area contributed by atoms with Gasteiger partial charge in [-0.2, -0.15) is 0 Å². The Bertz CT molecular complexity index is 1360. The molecule has 160 valence electrons. The molecule has 0 aliphatic rings. The fourth-order valence-corrected chi connectivity index (χ4v) is 4.36. The minimum absolute atomic E-state index is 0.771. The molecule has 32 heavy (non-hydrogen) atoms. The van der Waals surface area contributed by atoms with E-state index in [2.05, 4.69) is 65.8 Å². The monoisotopic (exact) mass is 421 g/mol. The van der Waals surface area contributed by atoms with Gasteiger partial charge in [-0.1, -0.05) is 48.5 Å². The lowest BCUT2D eigenvalue weighted by molar-refractivity contribution is 0.482. The largest absolute Gasteiger partial charge is 0.457 e. The molecule has 4 heteroatoms. The van der Waals surface area contributed by atoms with Gasteiger partial charge in [0.25, 0.3) is 0 Å². The summed E-state index contributed by atoms with van der Waals surface area (Å²) < 4.78 is 8.36. The van der Waals surface area contributed by atoms with E-state index in [-0.39, 0.29) is 0 Å². The molecular weight excluding hydrogens is 394 g/mol. The van der Waals surface area contributed by atoms with Crippen molar-refractivity contribution in [3.8, 4) is 11.5 Å². The van der Waals surface area contributed by atoms with Crippen LogP contribution in [0, 0.1) is 0 Å². The van der Waals surface area contributed by atoms with Crippen LogP contribution < -0.4 is 9.64 Å². The Morgan fingerprint density at radius 1 is 0.781 bits per heavy atom. The van der Waals surface area contributed by atoms with Crippen LogP contribution in [0.15, 0.2) is 91.1 Å². The number of aromatic nitrogens is 2. The molecule has 4 nitrogen and oxygen atoms in total. The van der Waals surface area contributed by atoms with Gasteiger partial charge in [-0.25, -0.2) is 4.98 Å². The van der Waals surface area contributed by atoms with Gasteiger partial charge in [0.05, 0.1) is 11.7 Å². The standard InChI is InChI=1S/C28H27N3O/c1-3-30(20-21-11-10-14-23(17-21)32-22-12-6-5-7-13-22)28-18-25-24-15-8-9-16-26(24)31(4-2)27(25)19-29-28/h5-19H,3-4,20H2,1-2H3. The van der Waals surface area contributed by atoms with Gasteiger partial charge in [0.15, 0.2) is 0 Å². The number of hydrogen-bond acceptors (Lipinski definition) is 3. The number of aryl methyl sites for hydroxylation is 1. The maximum atomic E-state index is 6.02. The Kier molecular flexibility index (Phi) is 5.51. The first-order chi connectivity index (χ1) is 15.8. The smallest absolute Gasteiger partial charge is 0.129 e. The molecule has 2 aromatic heterocycles. The summed E-state index contributed by atoms with van der Waals surface area (Å²) in [5, 5.41) is 2.54. The van der Waals surface area contributed by atoms with Crippen LogP contribution in [0.1, 0.15) is 19.4 Å².